The molecule has 9 aromatic rings. The smallest absolute Gasteiger partial charge is 0.137 e. The molecule has 5 nitrogen and oxygen atoms in total. The second-order valence-corrected chi connectivity index (χ2v) is 19.7. The number of ether oxygens (including phenoxy) is 1. The molecule has 324 valence electrons. The Balaban J connectivity index is 1.10. The molecule has 1 aliphatic rings. The van der Waals surface area contributed by atoms with Crippen molar-refractivity contribution in [1.29, 1.82) is 0 Å². The molecule has 7 aromatic carbocycles. The lowest BCUT2D eigenvalue weighted by molar-refractivity contribution is 0.483. The van der Waals surface area contributed by atoms with Gasteiger partial charge in [-0.3, -0.25) is 4.57 Å². The number of benzene rings is 7. The van der Waals surface area contributed by atoms with Gasteiger partial charge >= 0.3 is 0 Å². The summed E-state index contributed by atoms with van der Waals surface area (Å²) in [6, 6.07) is 59.6. The number of rotatable bonds is 9. The molecule has 0 saturated heterocycles. The Morgan fingerprint density at radius 1 is 0.538 bits per heavy atom. The summed E-state index contributed by atoms with van der Waals surface area (Å²) >= 11 is 0. The minimum atomic E-state index is -0.169. The van der Waals surface area contributed by atoms with Gasteiger partial charge in [0.15, 0.2) is 0 Å². The molecule has 1 aliphatic heterocycles. The molecular weight excluding hydrogens is 793 g/mol. The quantitative estimate of drug-likeness (QED) is 0.145. The predicted octanol–water partition coefficient (Wildman–Crippen LogP) is 16.2. The number of fused-ring (bicyclic) bond motifs is 4. The molecule has 5 heteroatoms. The standard InChI is InChI=1S/C60H58N4O/c1-39(2)50-22-13-14-23-51(50)42-32-47(63-38-62(56-30-40(3)41(4)31-57(56)63)46-21-17-20-45(34-46)60(8,9)43-18-11-10-12-19-43)36-49(33-42)65-48-26-27-53-52-24-15-16-25-54(52)64(55(53)37-48)58-35-44(28-29-61-58)59(5,6)7/h10-37,39H,38H2,1-9H3. The van der Waals surface area contributed by atoms with Crippen LogP contribution in [0.5, 0.6) is 11.5 Å². The molecule has 0 saturated carbocycles. The Kier molecular flexibility index (Phi) is 10.4. The highest BCUT2D eigenvalue weighted by Crippen LogP contribution is 2.48. The average molecular weight is 851 g/mol. The summed E-state index contributed by atoms with van der Waals surface area (Å²) in [7, 11) is 0. The number of aromatic nitrogens is 2. The Labute approximate surface area is 384 Å². The Morgan fingerprint density at radius 2 is 1.22 bits per heavy atom. The number of nitrogens with zero attached hydrogens (tertiary/aromatic N) is 4. The average Bonchev–Trinajstić information content (AvgIpc) is 3.84. The number of aryl methyl sites for hydroxylation is 2. The van der Waals surface area contributed by atoms with Gasteiger partial charge in [0.05, 0.1) is 22.4 Å². The van der Waals surface area contributed by atoms with Crippen molar-refractivity contribution in [3.05, 3.63) is 203 Å². The number of hydrogen-bond acceptors (Lipinski definition) is 4. The summed E-state index contributed by atoms with van der Waals surface area (Å²) in [5.74, 6) is 2.78. The van der Waals surface area contributed by atoms with Crippen LogP contribution >= 0.6 is 0 Å². The Bertz CT molecular complexity index is 3240. The molecule has 0 amide bonds. The molecule has 0 fully saturated rings. The van der Waals surface area contributed by atoms with Crippen LogP contribution in [0.25, 0.3) is 38.8 Å². The monoisotopic (exact) mass is 850 g/mol. The second kappa shape index (κ2) is 16.2. The van der Waals surface area contributed by atoms with Gasteiger partial charge in [-0.15, -0.1) is 0 Å². The number of hydrogen-bond donors (Lipinski definition) is 0. The lowest BCUT2D eigenvalue weighted by Crippen LogP contribution is -2.25. The van der Waals surface area contributed by atoms with Crippen LogP contribution in [-0.2, 0) is 10.8 Å². The van der Waals surface area contributed by atoms with E-state index in [1.807, 2.05) is 6.20 Å². The summed E-state index contributed by atoms with van der Waals surface area (Å²) in [4.78, 5) is 9.86. The highest BCUT2D eigenvalue weighted by molar-refractivity contribution is 6.09. The highest BCUT2D eigenvalue weighted by atomic mass is 16.5. The van der Waals surface area contributed by atoms with Crippen LogP contribution < -0.4 is 14.5 Å². The number of para-hydroxylation sites is 1. The van der Waals surface area contributed by atoms with Gasteiger partial charge in [-0.2, -0.15) is 0 Å². The van der Waals surface area contributed by atoms with Crippen molar-refractivity contribution in [1.82, 2.24) is 9.55 Å². The van der Waals surface area contributed by atoms with Crippen LogP contribution in [0.15, 0.2) is 170 Å². The minimum Gasteiger partial charge on any atom is -0.457 e. The SMILES string of the molecule is Cc1cc2c(cc1C)N(c1cccc(C(C)(C)c3ccccc3)c1)CN2c1cc(Oc2ccc3c4ccccc4n(-c4cc(C(C)(C)C)ccn4)c3c2)cc(-c2ccccc2C(C)C)c1. The van der Waals surface area contributed by atoms with Gasteiger partial charge < -0.3 is 14.5 Å². The van der Waals surface area contributed by atoms with Gasteiger partial charge in [-0.1, -0.05) is 133 Å². The van der Waals surface area contributed by atoms with Gasteiger partial charge in [-0.05, 0) is 136 Å². The van der Waals surface area contributed by atoms with E-state index in [4.69, 9.17) is 9.72 Å². The lowest BCUT2D eigenvalue weighted by atomic mass is 9.78. The minimum absolute atomic E-state index is 0.0185. The van der Waals surface area contributed by atoms with Crippen LogP contribution in [0.3, 0.4) is 0 Å². The maximum absolute atomic E-state index is 7.08. The zero-order valence-corrected chi connectivity index (χ0v) is 39.1. The maximum Gasteiger partial charge on any atom is 0.137 e. The van der Waals surface area contributed by atoms with Gasteiger partial charge in [0.25, 0.3) is 0 Å². The second-order valence-electron chi connectivity index (χ2n) is 19.7. The molecule has 2 aromatic heterocycles. The van der Waals surface area contributed by atoms with Crippen molar-refractivity contribution < 1.29 is 4.74 Å². The third kappa shape index (κ3) is 7.63. The van der Waals surface area contributed by atoms with E-state index in [1.54, 1.807) is 0 Å². The fourth-order valence-electron chi connectivity index (χ4n) is 9.66. The molecule has 0 spiro atoms. The van der Waals surface area contributed by atoms with Crippen molar-refractivity contribution in [2.24, 2.45) is 0 Å². The molecular formula is C60H58N4O. The molecule has 0 atom stereocenters. The summed E-state index contributed by atoms with van der Waals surface area (Å²) in [5, 5.41) is 2.34. The fourth-order valence-corrected chi connectivity index (χ4v) is 9.66. The first-order valence-electron chi connectivity index (χ1n) is 23.0. The lowest BCUT2D eigenvalue weighted by Gasteiger charge is -2.28. The first-order valence-corrected chi connectivity index (χ1v) is 23.0. The Morgan fingerprint density at radius 3 is 1.97 bits per heavy atom. The molecule has 0 aliphatic carbocycles. The largest absolute Gasteiger partial charge is 0.457 e. The van der Waals surface area contributed by atoms with Crippen molar-refractivity contribution in [2.75, 3.05) is 16.5 Å². The summed E-state index contributed by atoms with van der Waals surface area (Å²) < 4.78 is 9.36. The predicted molar refractivity (Wildman–Crippen MR) is 273 cm³/mol. The third-order valence-corrected chi connectivity index (χ3v) is 13.6. The van der Waals surface area contributed by atoms with Crippen LogP contribution in [0.2, 0.25) is 0 Å². The molecule has 3 heterocycles. The first kappa shape index (κ1) is 41.9. The van der Waals surface area contributed by atoms with E-state index < -0.39 is 0 Å². The van der Waals surface area contributed by atoms with E-state index >= 15 is 0 Å². The van der Waals surface area contributed by atoms with E-state index in [9.17, 15) is 0 Å². The molecule has 0 radical (unpaired) electrons. The third-order valence-electron chi connectivity index (χ3n) is 13.6. The molecule has 10 rings (SSSR count). The van der Waals surface area contributed by atoms with Crippen molar-refractivity contribution >= 4 is 44.6 Å². The summed E-state index contributed by atoms with van der Waals surface area (Å²) in [5.41, 5.74) is 16.6. The molecule has 0 unspecified atom stereocenters. The van der Waals surface area contributed by atoms with E-state index in [-0.39, 0.29) is 10.8 Å². The van der Waals surface area contributed by atoms with Crippen molar-refractivity contribution in [3.8, 4) is 28.4 Å². The van der Waals surface area contributed by atoms with Gasteiger partial charge in [0, 0.05) is 45.9 Å². The van der Waals surface area contributed by atoms with Gasteiger partial charge in [0.2, 0.25) is 0 Å². The normalized spacial score (nSPS) is 13.0. The van der Waals surface area contributed by atoms with Crippen LogP contribution in [-0.4, -0.2) is 16.2 Å². The highest BCUT2D eigenvalue weighted by Gasteiger charge is 2.31. The Hall–Kier alpha value is -7.11. The summed E-state index contributed by atoms with van der Waals surface area (Å²) in [6.45, 7) is 21.0. The van der Waals surface area contributed by atoms with E-state index in [1.165, 1.54) is 61.4 Å². The first-order chi connectivity index (χ1) is 31.2. The zero-order valence-electron chi connectivity index (χ0n) is 39.1. The van der Waals surface area contributed by atoms with Crippen molar-refractivity contribution in [3.63, 3.8) is 0 Å². The molecule has 0 N–H and O–H groups in total. The number of anilines is 4. The fraction of sp³-hybridized carbons (Fsp3) is 0.217. The summed E-state index contributed by atoms with van der Waals surface area (Å²) in [6.07, 6.45) is 1.93. The van der Waals surface area contributed by atoms with Gasteiger partial charge in [-0.25, -0.2) is 4.98 Å². The van der Waals surface area contributed by atoms with E-state index in [0.29, 0.717) is 12.6 Å². The maximum atomic E-state index is 7.08. The van der Waals surface area contributed by atoms with Crippen molar-refractivity contribution in [2.45, 2.75) is 79.1 Å². The van der Waals surface area contributed by atoms with Crippen LogP contribution in [0, 0.1) is 13.8 Å². The van der Waals surface area contributed by atoms with Crippen LogP contribution in [0.1, 0.15) is 87.8 Å². The molecule has 0 bridgehead atoms. The van der Waals surface area contributed by atoms with E-state index in [0.717, 1.165) is 45.0 Å². The number of pyridine rings is 1. The van der Waals surface area contributed by atoms with E-state index in [2.05, 4.69) is 240 Å². The topological polar surface area (TPSA) is 33.5 Å². The molecule has 65 heavy (non-hydrogen) atoms. The van der Waals surface area contributed by atoms with Crippen LogP contribution in [0.4, 0.5) is 22.7 Å². The van der Waals surface area contributed by atoms with Gasteiger partial charge in [0.1, 0.15) is 24.0 Å². The zero-order chi connectivity index (χ0) is 45.2.